The van der Waals surface area contributed by atoms with E-state index in [0.29, 0.717) is 17.0 Å². The third-order valence-corrected chi connectivity index (χ3v) is 4.50. The Balaban J connectivity index is 2.40. The number of hydrogen-bond acceptors (Lipinski definition) is 3. The monoisotopic (exact) mass is 295 g/mol. The normalized spacial score (nSPS) is 18.9. The molecular weight excluding hydrogens is 274 g/mol. The second kappa shape index (κ2) is 5.62. The first-order valence-electron chi connectivity index (χ1n) is 6.91. The largest absolute Gasteiger partial charge is 0.370 e. The minimum atomic E-state index is -0.315. The van der Waals surface area contributed by atoms with Crippen LogP contribution in [0.3, 0.4) is 0 Å². The summed E-state index contributed by atoms with van der Waals surface area (Å²) < 4.78 is 0. The van der Waals surface area contributed by atoms with E-state index in [0.717, 1.165) is 16.9 Å². The van der Waals surface area contributed by atoms with Crippen LogP contribution in [0.2, 0.25) is 5.02 Å². The van der Waals surface area contributed by atoms with E-state index in [1.54, 1.807) is 7.05 Å². The van der Waals surface area contributed by atoms with Crippen LogP contribution in [0.4, 0.5) is 11.4 Å². The van der Waals surface area contributed by atoms with Crippen LogP contribution in [-0.2, 0) is 4.79 Å². The van der Waals surface area contributed by atoms with Crippen LogP contribution in [-0.4, -0.2) is 26.0 Å². The molecule has 0 aromatic heterocycles. The Morgan fingerprint density at radius 1 is 1.35 bits per heavy atom. The van der Waals surface area contributed by atoms with Crippen molar-refractivity contribution < 1.29 is 4.79 Å². The van der Waals surface area contributed by atoms with Gasteiger partial charge in [0.15, 0.2) is 0 Å². The van der Waals surface area contributed by atoms with E-state index >= 15 is 0 Å². The third-order valence-electron chi connectivity index (χ3n) is 4.19. The SMILES string of the molecule is CNC1C(=O)Nc2cc(N(C)C(C)C(C)C)c(Cl)cc21. The number of rotatable bonds is 4. The number of likely N-dealkylation sites (N-methyl/N-ethyl adjacent to an activating group) is 1. The van der Waals surface area contributed by atoms with Crippen LogP contribution in [0, 0.1) is 5.92 Å². The standard InChI is InChI=1S/C15H22ClN3O/c1-8(2)9(3)19(5)13-7-12-10(6-11(13)16)14(17-4)15(20)18-12/h6-9,14,17H,1-5H3,(H,18,20). The highest BCUT2D eigenvalue weighted by atomic mass is 35.5. The zero-order valence-electron chi connectivity index (χ0n) is 12.6. The fraction of sp³-hybridized carbons (Fsp3) is 0.533. The van der Waals surface area contributed by atoms with Gasteiger partial charge in [0.25, 0.3) is 0 Å². The van der Waals surface area contributed by atoms with Crippen LogP contribution in [0.15, 0.2) is 12.1 Å². The first-order valence-corrected chi connectivity index (χ1v) is 7.29. The van der Waals surface area contributed by atoms with Crippen molar-refractivity contribution in [2.75, 3.05) is 24.3 Å². The van der Waals surface area contributed by atoms with Gasteiger partial charge in [-0.2, -0.15) is 0 Å². The highest BCUT2D eigenvalue weighted by Crippen LogP contribution is 2.39. The lowest BCUT2D eigenvalue weighted by molar-refractivity contribution is -0.117. The summed E-state index contributed by atoms with van der Waals surface area (Å²) in [6, 6.07) is 3.90. The summed E-state index contributed by atoms with van der Waals surface area (Å²) in [6.45, 7) is 6.53. The molecule has 110 valence electrons. The van der Waals surface area contributed by atoms with Crippen LogP contribution in [0.25, 0.3) is 0 Å². The van der Waals surface area contributed by atoms with Crippen molar-refractivity contribution >= 4 is 28.9 Å². The molecule has 0 saturated carbocycles. The number of carbonyl (C=O) groups excluding carboxylic acids is 1. The van der Waals surface area contributed by atoms with E-state index in [4.69, 9.17) is 11.6 Å². The first-order chi connectivity index (χ1) is 9.36. The smallest absolute Gasteiger partial charge is 0.246 e. The van der Waals surface area contributed by atoms with Gasteiger partial charge in [-0.3, -0.25) is 4.79 Å². The van der Waals surface area contributed by atoms with Crippen molar-refractivity contribution in [3.63, 3.8) is 0 Å². The van der Waals surface area contributed by atoms with Gasteiger partial charge < -0.3 is 15.5 Å². The molecule has 2 atom stereocenters. The molecular formula is C15H22ClN3O. The number of anilines is 2. The predicted octanol–water partition coefficient (Wildman–Crippen LogP) is 3.03. The van der Waals surface area contributed by atoms with Crippen LogP contribution < -0.4 is 15.5 Å². The number of benzene rings is 1. The molecule has 0 spiro atoms. The lowest BCUT2D eigenvalue weighted by atomic mass is 10.0. The van der Waals surface area contributed by atoms with Crippen molar-refractivity contribution in [2.24, 2.45) is 5.92 Å². The fourth-order valence-corrected chi connectivity index (χ4v) is 2.80. The molecule has 5 heteroatoms. The van der Waals surface area contributed by atoms with Crippen molar-refractivity contribution in [1.82, 2.24) is 5.32 Å². The van der Waals surface area contributed by atoms with E-state index in [2.05, 4.69) is 36.3 Å². The van der Waals surface area contributed by atoms with Crippen LogP contribution in [0.5, 0.6) is 0 Å². The van der Waals surface area contributed by atoms with Gasteiger partial charge in [-0.15, -0.1) is 0 Å². The van der Waals surface area contributed by atoms with Gasteiger partial charge >= 0.3 is 0 Å². The summed E-state index contributed by atoms with van der Waals surface area (Å²) in [5, 5.41) is 6.58. The summed E-state index contributed by atoms with van der Waals surface area (Å²) >= 11 is 6.41. The summed E-state index contributed by atoms with van der Waals surface area (Å²) in [5.41, 5.74) is 2.71. The molecule has 1 aromatic carbocycles. The van der Waals surface area contributed by atoms with E-state index in [1.165, 1.54) is 0 Å². The average molecular weight is 296 g/mol. The molecule has 4 nitrogen and oxygen atoms in total. The number of carbonyl (C=O) groups is 1. The molecule has 1 aliphatic rings. The minimum absolute atomic E-state index is 0.0322. The molecule has 2 rings (SSSR count). The highest BCUT2D eigenvalue weighted by molar-refractivity contribution is 6.33. The van der Waals surface area contributed by atoms with Crippen molar-refractivity contribution in [1.29, 1.82) is 0 Å². The van der Waals surface area contributed by atoms with E-state index in [9.17, 15) is 4.79 Å². The maximum Gasteiger partial charge on any atom is 0.246 e. The molecule has 0 fully saturated rings. The van der Waals surface area contributed by atoms with Gasteiger partial charge in [0.2, 0.25) is 5.91 Å². The van der Waals surface area contributed by atoms with Gasteiger partial charge in [-0.1, -0.05) is 25.4 Å². The Kier molecular flexibility index (Phi) is 4.25. The topological polar surface area (TPSA) is 44.4 Å². The summed E-state index contributed by atoms with van der Waals surface area (Å²) in [7, 11) is 3.80. The lowest BCUT2D eigenvalue weighted by Gasteiger charge is -2.31. The Hall–Kier alpha value is -1.26. The Morgan fingerprint density at radius 2 is 2.00 bits per heavy atom. The number of nitrogens with zero attached hydrogens (tertiary/aromatic N) is 1. The lowest BCUT2D eigenvalue weighted by Crippen LogP contribution is -2.33. The molecule has 2 unspecified atom stereocenters. The van der Waals surface area contributed by atoms with Crippen molar-refractivity contribution in [2.45, 2.75) is 32.9 Å². The fourth-order valence-electron chi connectivity index (χ4n) is 2.49. The zero-order valence-corrected chi connectivity index (χ0v) is 13.4. The molecule has 0 saturated heterocycles. The molecule has 1 aliphatic heterocycles. The molecule has 1 amide bonds. The van der Waals surface area contributed by atoms with Gasteiger partial charge in [-0.05, 0) is 32.0 Å². The maximum atomic E-state index is 11.9. The second-order valence-corrected chi connectivity index (χ2v) is 6.10. The van der Waals surface area contributed by atoms with E-state index in [1.807, 2.05) is 19.2 Å². The van der Waals surface area contributed by atoms with Crippen molar-refractivity contribution in [3.05, 3.63) is 22.7 Å². The number of fused-ring (bicyclic) bond motifs is 1. The second-order valence-electron chi connectivity index (χ2n) is 5.70. The Bertz CT molecular complexity index is 530. The van der Waals surface area contributed by atoms with Crippen LogP contribution >= 0.6 is 11.6 Å². The molecule has 1 aromatic rings. The third kappa shape index (κ3) is 2.50. The molecule has 2 N–H and O–H groups in total. The zero-order chi connectivity index (χ0) is 15.0. The first kappa shape index (κ1) is 15.1. The Morgan fingerprint density at radius 3 is 2.55 bits per heavy atom. The van der Waals surface area contributed by atoms with Crippen LogP contribution in [0.1, 0.15) is 32.4 Å². The minimum Gasteiger partial charge on any atom is -0.370 e. The van der Waals surface area contributed by atoms with E-state index < -0.39 is 0 Å². The highest BCUT2D eigenvalue weighted by Gasteiger charge is 2.31. The Labute approximate surface area is 125 Å². The summed E-state index contributed by atoms with van der Waals surface area (Å²) in [4.78, 5) is 14.0. The number of amides is 1. The van der Waals surface area contributed by atoms with E-state index in [-0.39, 0.29) is 11.9 Å². The van der Waals surface area contributed by atoms with Gasteiger partial charge in [-0.25, -0.2) is 0 Å². The average Bonchev–Trinajstić information content (AvgIpc) is 2.70. The van der Waals surface area contributed by atoms with Gasteiger partial charge in [0, 0.05) is 24.3 Å². The molecule has 20 heavy (non-hydrogen) atoms. The molecule has 0 aliphatic carbocycles. The predicted molar refractivity (Wildman–Crippen MR) is 84.6 cm³/mol. The molecule has 0 bridgehead atoms. The number of nitrogens with one attached hydrogen (secondary N) is 2. The number of halogens is 1. The molecule has 0 radical (unpaired) electrons. The van der Waals surface area contributed by atoms with Gasteiger partial charge in [0.05, 0.1) is 10.7 Å². The quantitative estimate of drug-likeness (QED) is 0.897. The summed E-state index contributed by atoms with van der Waals surface area (Å²) in [6.07, 6.45) is 0. The summed E-state index contributed by atoms with van der Waals surface area (Å²) in [5.74, 6) is 0.485. The maximum absolute atomic E-state index is 11.9. The number of hydrogen-bond donors (Lipinski definition) is 2. The van der Waals surface area contributed by atoms with Gasteiger partial charge in [0.1, 0.15) is 6.04 Å². The molecule has 1 heterocycles. The van der Waals surface area contributed by atoms with Crippen molar-refractivity contribution in [3.8, 4) is 0 Å².